The maximum Gasteiger partial charge on any atom is 0.119 e. The molecular weight excluding hydrogens is 175 g/mol. The summed E-state index contributed by atoms with van der Waals surface area (Å²) in [5.74, 6) is 0.637. The predicted molar refractivity (Wildman–Crippen MR) is 50.7 cm³/mol. The van der Waals surface area contributed by atoms with E-state index >= 15 is 0 Å². The highest BCUT2D eigenvalue weighted by atomic mass is 35.5. The van der Waals surface area contributed by atoms with Crippen molar-refractivity contribution < 1.29 is 4.39 Å². The lowest BCUT2D eigenvalue weighted by Crippen LogP contribution is -2.10. The van der Waals surface area contributed by atoms with Crippen molar-refractivity contribution in [1.29, 1.82) is 0 Å². The maximum atomic E-state index is 13.1. The third-order valence-corrected chi connectivity index (χ3v) is 2.82. The molecule has 0 bridgehead atoms. The highest BCUT2D eigenvalue weighted by Gasteiger charge is 2.21. The van der Waals surface area contributed by atoms with Gasteiger partial charge in [0, 0.05) is 6.42 Å². The van der Waals surface area contributed by atoms with Gasteiger partial charge < -0.3 is 0 Å². The van der Waals surface area contributed by atoms with E-state index in [2.05, 4.69) is 19.9 Å². The molecule has 0 spiro atoms. The monoisotopic (exact) mass is 188 g/mol. The Balaban J connectivity index is 2.84. The normalized spacial score (nSPS) is 24.8. The summed E-state index contributed by atoms with van der Waals surface area (Å²) in [5, 5.41) is 0.312. The number of hydrogen-bond acceptors (Lipinski definition) is 0. The zero-order valence-electron chi connectivity index (χ0n) is 7.70. The molecule has 1 aliphatic rings. The molecule has 2 heteroatoms. The average Bonchev–Trinajstić information content (AvgIpc) is 1.99. The lowest BCUT2D eigenvalue weighted by atomic mass is 9.87. The Morgan fingerprint density at radius 3 is 2.58 bits per heavy atom. The first-order chi connectivity index (χ1) is 5.52. The fraction of sp³-hybridized carbons (Fsp3) is 0.600. The van der Waals surface area contributed by atoms with Crippen LogP contribution >= 0.6 is 11.6 Å². The molecule has 0 amide bonds. The van der Waals surface area contributed by atoms with Crippen LogP contribution in [-0.2, 0) is 0 Å². The van der Waals surface area contributed by atoms with E-state index < -0.39 is 0 Å². The van der Waals surface area contributed by atoms with Crippen LogP contribution in [0, 0.1) is 11.8 Å². The molecule has 1 aliphatic carbocycles. The van der Waals surface area contributed by atoms with Crippen molar-refractivity contribution in [2.24, 2.45) is 11.8 Å². The second-order valence-corrected chi connectivity index (χ2v) is 4.06. The van der Waals surface area contributed by atoms with E-state index in [1.807, 2.05) is 6.92 Å². The van der Waals surface area contributed by atoms with E-state index in [0.717, 1.165) is 5.57 Å². The fourth-order valence-electron chi connectivity index (χ4n) is 1.39. The van der Waals surface area contributed by atoms with E-state index in [-0.39, 0.29) is 5.83 Å². The topological polar surface area (TPSA) is 0 Å². The minimum atomic E-state index is -0.157. The van der Waals surface area contributed by atoms with Gasteiger partial charge in [-0.05, 0) is 24.3 Å². The SMILES string of the molecule is CC1=CC(C(C)C)CC(F)=C1Cl. The molecule has 0 N–H and O–H groups in total. The van der Waals surface area contributed by atoms with E-state index in [0.29, 0.717) is 23.3 Å². The van der Waals surface area contributed by atoms with Gasteiger partial charge in [0.2, 0.25) is 0 Å². The van der Waals surface area contributed by atoms with Crippen LogP contribution in [0.4, 0.5) is 4.39 Å². The molecule has 1 unspecified atom stereocenters. The Morgan fingerprint density at radius 2 is 2.17 bits per heavy atom. The highest BCUT2D eigenvalue weighted by Crippen LogP contribution is 2.34. The number of rotatable bonds is 1. The van der Waals surface area contributed by atoms with Gasteiger partial charge in [0.05, 0.1) is 5.03 Å². The zero-order valence-corrected chi connectivity index (χ0v) is 8.45. The number of hydrogen-bond donors (Lipinski definition) is 0. The van der Waals surface area contributed by atoms with Crippen molar-refractivity contribution in [3.8, 4) is 0 Å². The summed E-state index contributed by atoms with van der Waals surface area (Å²) in [4.78, 5) is 0. The second-order valence-electron chi connectivity index (χ2n) is 3.68. The molecule has 1 atom stereocenters. The third-order valence-electron chi connectivity index (χ3n) is 2.32. The molecule has 0 saturated heterocycles. The summed E-state index contributed by atoms with van der Waals surface area (Å²) < 4.78 is 13.1. The summed E-state index contributed by atoms with van der Waals surface area (Å²) in [7, 11) is 0. The third kappa shape index (κ3) is 1.89. The zero-order chi connectivity index (χ0) is 9.30. The molecule has 0 fully saturated rings. The fourth-order valence-corrected chi connectivity index (χ4v) is 1.53. The molecule has 0 heterocycles. The summed E-state index contributed by atoms with van der Waals surface area (Å²) in [6.07, 6.45) is 2.53. The number of allylic oxidation sites excluding steroid dienone is 4. The number of halogens is 2. The van der Waals surface area contributed by atoms with Gasteiger partial charge in [0.25, 0.3) is 0 Å². The molecule has 0 saturated carbocycles. The van der Waals surface area contributed by atoms with Gasteiger partial charge in [-0.2, -0.15) is 0 Å². The van der Waals surface area contributed by atoms with Crippen LogP contribution in [0.2, 0.25) is 0 Å². The van der Waals surface area contributed by atoms with Crippen LogP contribution in [0.3, 0.4) is 0 Å². The molecule has 0 aromatic heterocycles. The van der Waals surface area contributed by atoms with E-state index in [1.165, 1.54) is 0 Å². The smallest absolute Gasteiger partial charge is 0.119 e. The summed E-state index contributed by atoms with van der Waals surface area (Å²) in [5.41, 5.74) is 0.874. The first-order valence-electron chi connectivity index (χ1n) is 4.25. The van der Waals surface area contributed by atoms with Gasteiger partial charge in [0.1, 0.15) is 5.83 Å². The van der Waals surface area contributed by atoms with Crippen LogP contribution in [0.5, 0.6) is 0 Å². The van der Waals surface area contributed by atoms with E-state index in [1.54, 1.807) is 0 Å². The van der Waals surface area contributed by atoms with Crippen molar-refractivity contribution in [2.45, 2.75) is 27.2 Å². The summed E-state index contributed by atoms with van der Waals surface area (Å²) >= 11 is 5.72. The Hall–Kier alpha value is -0.300. The average molecular weight is 189 g/mol. The molecular formula is C10H14ClF. The van der Waals surface area contributed by atoms with Crippen LogP contribution in [0.15, 0.2) is 22.5 Å². The van der Waals surface area contributed by atoms with Crippen molar-refractivity contribution in [3.05, 3.63) is 22.5 Å². The standard InChI is InChI=1S/C10H14ClF/c1-6(2)8-4-7(3)10(11)9(12)5-8/h4,6,8H,5H2,1-3H3. The minimum Gasteiger partial charge on any atom is -0.210 e. The molecule has 0 radical (unpaired) electrons. The quantitative estimate of drug-likeness (QED) is 0.583. The highest BCUT2D eigenvalue weighted by molar-refractivity contribution is 6.32. The lowest BCUT2D eigenvalue weighted by molar-refractivity contribution is 0.413. The van der Waals surface area contributed by atoms with Crippen LogP contribution in [0.25, 0.3) is 0 Å². The van der Waals surface area contributed by atoms with Gasteiger partial charge in [-0.15, -0.1) is 0 Å². The van der Waals surface area contributed by atoms with E-state index in [4.69, 9.17) is 11.6 Å². The molecule has 0 aromatic carbocycles. The van der Waals surface area contributed by atoms with Crippen molar-refractivity contribution in [3.63, 3.8) is 0 Å². The Morgan fingerprint density at radius 1 is 1.58 bits per heavy atom. The van der Waals surface area contributed by atoms with E-state index in [9.17, 15) is 4.39 Å². The van der Waals surface area contributed by atoms with Gasteiger partial charge in [0.15, 0.2) is 0 Å². The van der Waals surface area contributed by atoms with Gasteiger partial charge in [-0.1, -0.05) is 31.5 Å². The van der Waals surface area contributed by atoms with Gasteiger partial charge >= 0.3 is 0 Å². The Bertz CT molecular complexity index is 238. The molecule has 0 aromatic rings. The molecule has 0 nitrogen and oxygen atoms in total. The van der Waals surface area contributed by atoms with Crippen molar-refractivity contribution in [1.82, 2.24) is 0 Å². The van der Waals surface area contributed by atoms with Crippen LogP contribution in [0.1, 0.15) is 27.2 Å². The van der Waals surface area contributed by atoms with Crippen LogP contribution in [-0.4, -0.2) is 0 Å². The van der Waals surface area contributed by atoms with Crippen molar-refractivity contribution >= 4 is 11.6 Å². The second kappa shape index (κ2) is 3.61. The van der Waals surface area contributed by atoms with Gasteiger partial charge in [-0.25, -0.2) is 4.39 Å². The molecule has 1 rings (SSSR count). The maximum absolute atomic E-state index is 13.1. The molecule has 12 heavy (non-hydrogen) atoms. The Kier molecular flexibility index (Phi) is 2.94. The molecule has 68 valence electrons. The molecule has 0 aliphatic heterocycles. The predicted octanol–water partition coefficient (Wildman–Crippen LogP) is 4.03. The minimum absolute atomic E-state index is 0.157. The van der Waals surface area contributed by atoms with Crippen molar-refractivity contribution in [2.75, 3.05) is 0 Å². The summed E-state index contributed by atoms with van der Waals surface area (Å²) in [6.45, 7) is 6.05. The first-order valence-corrected chi connectivity index (χ1v) is 4.63. The van der Waals surface area contributed by atoms with Gasteiger partial charge in [-0.3, -0.25) is 0 Å². The van der Waals surface area contributed by atoms with Crippen LogP contribution < -0.4 is 0 Å². The largest absolute Gasteiger partial charge is 0.210 e. The summed E-state index contributed by atoms with van der Waals surface area (Å²) in [6, 6.07) is 0. The Labute approximate surface area is 78.1 Å². The first kappa shape index (κ1) is 9.79. The lowest BCUT2D eigenvalue weighted by Gasteiger charge is -2.21.